The van der Waals surface area contributed by atoms with Gasteiger partial charge in [0.2, 0.25) is 11.8 Å². The van der Waals surface area contributed by atoms with Crippen LogP contribution in [0.15, 0.2) is 30.3 Å². The summed E-state index contributed by atoms with van der Waals surface area (Å²) >= 11 is 0. The van der Waals surface area contributed by atoms with Gasteiger partial charge in [0.1, 0.15) is 0 Å². The summed E-state index contributed by atoms with van der Waals surface area (Å²) < 4.78 is 0. The summed E-state index contributed by atoms with van der Waals surface area (Å²) in [7, 11) is 1.69. The molecule has 2 amide bonds. The van der Waals surface area contributed by atoms with Gasteiger partial charge in [-0.2, -0.15) is 0 Å². The average molecular weight is 355 g/mol. The third kappa shape index (κ3) is 3.50. The summed E-state index contributed by atoms with van der Waals surface area (Å²) in [6.07, 6.45) is 5.42. The molecule has 1 spiro atoms. The Morgan fingerprint density at radius 1 is 1.19 bits per heavy atom. The molecule has 26 heavy (non-hydrogen) atoms. The highest BCUT2D eigenvalue weighted by Gasteiger charge is 2.49. The Bertz CT molecular complexity index is 663. The number of carbonyl (C=O) groups excluding carboxylic acids is 2. The number of hydrogen-bond acceptors (Lipinski definition) is 3. The lowest BCUT2D eigenvalue weighted by Gasteiger charge is -2.50. The number of likely N-dealkylation sites (tertiary alicyclic amines) is 2. The maximum Gasteiger partial charge on any atom is 0.233 e. The summed E-state index contributed by atoms with van der Waals surface area (Å²) in [4.78, 5) is 29.3. The Morgan fingerprint density at radius 3 is 2.50 bits per heavy atom. The topological polar surface area (TPSA) is 52.7 Å². The second kappa shape index (κ2) is 7.03. The van der Waals surface area contributed by atoms with Gasteiger partial charge in [-0.05, 0) is 56.2 Å². The van der Waals surface area contributed by atoms with E-state index in [1.807, 2.05) is 18.2 Å². The Hall–Kier alpha value is -1.88. The molecule has 1 aromatic carbocycles. The van der Waals surface area contributed by atoms with Crippen molar-refractivity contribution >= 4 is 11.8 Å². The third-order valence-electron chi connectivity index (χ3n) is 6.48. The zero-order valence-electron chi connectivity index (χ0n) is 15.6. The van der Waals surface area contributed by atoms with Crippen molar-refractivity contribution in [3.63, 3.8) is 0 Å². The number of amides is 2. The van der Waals surface area contributed by atoms with Crippen molar-refractivity contribution in [1.82, 2.24) is 15.1 Å². The quantitative estimate of drug-likeness (QED) is 0.899. The van der Waals surface area contributed by atoms with Crippen LogP contribution in [0, 0.1) is 5.41 Å². The van der Waals surface area contributed by atoms with Crippen molar-refractivity contribution in [2.24, 2.45) is 5.41 Å². The standard InChI is InChI=1S/C21H29N3O2/c1-22-19(25)14-23-11-9-21(10-12-23)13-18(16-5-3-2-4-6-16)20(26)24(15-21)17-7-8-17/h2-6,17-18H,7-15H2,1H3,(H,22,25)/t18-/m1/s1. The first-order valence-electron chi connectivity index (χ1n) is 9.89. The summed E-state index contributed by atoms with van der Waals surface area (Å²) in [6.45, 7) is 3.29. The Balaban J connectivity index is 1.51. The van der Waals surface area contributed by atoms with E-state index < -0.39 is 0 Å². The van der Waals surface area contributed by atoms with Gasteiger partial charge in [0.15, 0.2) is 0 Å². The first-order valence-corrected chi connectivity index (χ1v) is 9.89. The summed E-state index contributed by atoms with van der Waals surface area (Å²) in [5.41, 5.74) is 1.37. The van der Waals surface area contributed by atoms with Gasteiger partial charge in [-0.1, -0.05) is 30.3 Å². The van der Waals surface area contributed by atoms with Crippen LogP contribution >= 0.6 is 0 Å². The SMILES string of the molecule is CNC(=O)CN1CCC2(CC1)C[C@H](c1ccccc1)C(=O)N(C1CC1)C2. The van der Waals surface area contributed by atoms with Crippen LogP contribution in [0.4, 0.5) is 0 Å². The Kier molecular flexibility index (Phi) is 4.74. The number of likely N-dealkylation sites (N-methyl/N-ethyl adjacent to an activating group) is 1. The molecular weight excluding hydrogens is 326 g/mol. The fourth-order valence-electron chi connectivity index (χ4n) is 4.70. The predicted octanol–water partition coefficient (Wildman–Crippen LogP) is 1.99. The van der Waals surface area contributed by atoms with E-state index in [2.05, 4.69) is 27.2 Å². The number of nitrogens with zero attached hydrogens (tertiary/aromatic N) is 2. The largest absolute Gasteiger partial charge is 0.358 e. The molecule has 3 fully saturated rings. The molecule has 2 saturated heterocycles. The highest BCUT2D eigenvalue weighted by molar-refractivity contribution is 5.85. The lowest BCUT2D eigenvalue weighted by molar-refractivity contribution is -0.142. The molecule has 1 aliphatic carbocycles. The molecule has 1 saturated carbocycles. The van der Waals surface area contributed by atoms with Gasteiger partial charge in [0.05, 0.1) is 12.5 Å². The van der Waals surface area contributed by atoms with E-state index >= 15 is 0 Å². The van der Waals surface area contributed by atoms with Crippen LogP contribution in [0.5, 0.6) is 0 Å². The van der Waals surface area contributed by atoms with Gasteiger partial charge in [0, 0.05) is 19.6 Å². The van der Waals surface area contributed by atoms with Gasteiger partial charge >= 0.3 is 0 Å². The molecular formula is C21H29N3O2. The number of nitrogens with one attached hydrogen (secondary N) is 1. The maximum absolute atomic E-state index is 13.1. The van der Waals surface area contributed by atoms with E-state index in [9.17, 15) is 9.59 Å². The van der Waals surface area contributed by atoms with Crippen LogP contribution in [0.1, 0.15) is 43.6 Å². The van der Waals surface area contributed by atoms with Crippen LogP contribution in [-0.2, 0) is 9.59 Å². The van der Waals surface area contributed by atoms with Crippen molar-refractivity contribution in [1.29, 1.82) is 0 Å². The van der Waals surface area contributed by atoms with Crippen LogP contribution < -0.4 is 5.32 Å². The van der Waals surface area contributed by atoms with Crippen molar-refractivity contribution in [2.45, 2.75) is 44.1 Å². The highest BCUT2D eigenvalue weighted by Crippen LogP contribution is 2.48. The molecule has 1 aromatic rings. The number of piperidine rings is 2. The second-order valence-electron chi connectivity index (χ2n) is 8.31. The van der Waals surface area contributed by atoms with Gasteiger partial charge in [-0.15, -0.1) is 0 Å². The van der Waals surface area contributed by atoms with Crippen LogP contribution in [0.2, 0.25) is 0 Å². The monoisotopic (exact) mass is 355 g/mol. The minimum absolute atomic E-state index is 0.00367. The molecule has 0 aromatic heterocycles. The van der Waals surface area contributed by atoms with Gasteiger partial charge in [-0.25, -0.2) is 0 Å². The van der Waals surface area contributed by atoms with Crippen molar-refractivity contribution in [2.75, 3.05) is 33.2 Å². The molecule has 2 aliphatic heterocycles. The van der Waals surface area contributed by atoms with Crippen molar-refractivity contribution < 1.29 is 9.59 Å². The van der Waals surface area contributed by atoms with E-state index in [1.165, 1.54) is 0 Å². The van der Waals surface area contributed by atoms with E-state index in [1.54, 1.807) is 7.05 Å². The summed E-state index contributed by atoms with van der Waals surface area (Å²) in [6, 6.07) is 10.8. The third-order valence-corrected chi connectivity index (χ3v) is 6.48. The lowest BCUT2D eigenvalue weighted by atomic mass is 9.67. The highest BCUT2D eigenvalue weighted by atomic mass is 16.2. The summed E-state index contributed by atoms with van der Waals surface area (Å²) in [5.74, 6) is 0.412. The molecule has 4 rings (SSSR count). The Labute approximate surface area is 155 Å². The normalized spacial score (nSPS) is 26.1. The van der Waals surface area contributed by atoms with E-state index in [4.69, 9.17) is 0 Å². The minimum Gasteiger partial charge on any atom is -0.358 e. The van der Waals surface area contributed by atoms with E-state index in [0.29, 0.717) is 18.5 Å². The second-order valence-corrected chi connectivity index (χ2v) is 8.31. The molecule has 1 atom stereocenters. The zero-order chi connectivity index (χ0) is 18.1. The molecule has 5 heteroatoms. The van der Waals surface area contributed by atoms with Crippen LogP contribution in [0.3, 0.4) is 0 Å². The van der Waals surface area contributed by atoms with Gasteiger partial charge in [0.25, 0.3) is 0 Å². The fourth-order valence-corrected chi connectivity index (χ4v) is 4.70. The molecule has 0 unspecified atom stereocenters. The maximum atomic E-state index is 13.1. The van der Waals surface area contributed by atoms with Crippen molar-refractivity contribution in [3.05, 3.63) is 35.9 Å². The van der Waals surface area contributed by atoms with Crippen LogP contribution in [-0.4, -0.2) is 60.9 Å². The number of hydrogen-bond donors (Lipinski definition) is 1. The van der Waals surface area contributed by atoms with Crippen molar-refractivity contribution in [3.8, 4) is 0 Å². The molecule has 5 nitrogen and oxygen atoms in total. The van der Waals surface area contributed by atoms with Gasteiger partial charge < -0.3 is 10.2 Å². The van der Waals surface area contributed by atoms with E-state index in [0.717, 1.165) is 57.3 Å². The van der Waals surface area contributed by atoms with E-state index in [-0.39, 0.29) is 17.2 Å². The predicted molar refractivity (Wildman–Crippen MR) is 101 cm³/mol. The fraction of sp³-hybridized carbons (Fsp3) is 0.619. The number of rotatable bonds is 4. The number of carbonyl (C=O) groups is 2. The van der Waals surface area contributed by atoms with Crippen LogP contribution in [0.25, 0.3) is 0 Å². The van der Waals surface area contributed by atoms with Gasteiger partial charge in [-0.3, -0.25) is 14.5 Å². The minimum atomic E-state index is -0.00367. The molecule has 140 valence electrons. The zero-order valence-corrected chi connectivity index (χ0v) is 15.6. The molecule has 1 N–H and O–H groups in total. The molecule has 0 bridgehead atoms. The smallest absolute Gasteiger partial charge is 0.233 e. The molecule has 0 radical (unpaired) electrons. The first-order chi connectivity index (χ1) is 12.6. The Morgan fingerprint density at radius 2 is 1.88 bits per heavy atom. The lowest BCUT2D eigenvalue weighted by Crippen LogP contribution is -2.55. The number of benzene rings is 1. The molecule has 2 heterocycles. The summed E-state index contributed by atoms with van der Waals surface area (Å²) in [5, 5.41) is 2.71. The first kappa shape index (κ1) is 17.5. The molecule has 3 aliphatic rings. The average Bonchev–Trinajstić information content (AvgIpc) is 3.51.